The van der Waals surface area contributed by atoms with E-state index >= 15 is 0 Å². The van der Waals surface area contributed by atoms with Crippen molar-refractivity contribution in [3.05, 3.63) is 0 Å². The Bertz CT molecular complexity index is 83.1. The largest absolute Gasteiger partial charge is 0.347 e. The Labute approximate surface area is 55.1 Å². The standard InChI is InChI=1S/C6H14NO2/c8-5-7(6-9)3-1-2-4-7/h8-9H,1-6H2/q+1. The van der Waals surface area contributed by atoms with Crippen LogP contribution in [0, 0.1) is 0 Å². The summed E-state index contributed by atoms with van der Waals surface area (Å²) in [5.74, 6) is 0. The number of hydrogen-bond donors (Lipinski definition) is 2. The molecule has 3 heteroatoms. The molecule has 1 heterocycles. The van der Waals surface area contributed by atoms with Gasteiger partial charge in [0.25, 0.3) is 0 Å². The van der Waals surface area contributed by atoms with E-state index in [0.717, 1.165) is 25.9 Å². The van der Waals surface area contributed by atoms with Crippen molar-refractivity contribution < 1.29 is 14.7 Å². The number of rotatable bonds is 2. The summed E-state index contributed by atoms with van der Waals surface area (Å²) in [4.78, 5) is 0. The fourth-order valence-corrected chi connectivity index (χ4v) is 1.33. The second kappa shape index (κ2) is 2.64. The van der Waals surface area contributed by atoms with E-state index in [-0.39, 0.29) is 13.5 Å². The minimum absolute atomic E-state index is 0.0938. The van der Waals surface area contributed by atoms with Crippen molar-refractivity contribution in [3.63, 3.8) is 0 Å². The summed E-state index contributed by atoms with van der Waals surface area (Å²) in [7, 11) is 0. The van der Waals surface area contributed by atoms with Gasteiger partial charge in [0.05, 0.1) is 13.1 Å². The summed E-state index contributed by atoms with van der Waals surface area (Å²) in [6.07, 6.45) is 2.28. The highest BCUT2D eigenvalue weighted by Gasteiger charge is 2.29. The maximum absolute atomic E-state index is 8.83. The van der Waals surface area contributed by atoms with Gasteiger partial charge in [-0.15, -0.1) is 0 Å². The lowest BCUT2D eigenvalue weighted by molar-refractivity contribution is -0.950. The number of aliphatic hydroxyl groups excluding tert-OH is 2. The van der Waals surface area contributed by atoms with Gasteiger partial charge in [-0.1, -0.05) is 0 Å². The van der Waals surface area contributed by atoms with Crippen molar-refractivity contribution in [3.8, 4) is 0 Å². The Morgan fingerprint density at radius 1 is 1.00 bits per heavy atom. The van der Waals surface area contributed by atoms with E-state index in [2.05, 4.69) is 0 Å². The first kappa shape index (κ1) is 6.99. The molecule has 0 saturated carbocycles. The molecule has 1 rings (SSSR count). The molecule has 0 radical (unpaired) electrons. The fraction of sp³-hybridized carbons (Fsp3) is 1.00. The molecule has 0 unspecified atom stereocenters. The molecule has 2 N–H and O–H groups in total. The predicted molar refractivity (Wildman–Crippen MR) is 33.4 cm³/mol. The third-order valence-corrected chi connectivity index (χ3v) is 2.11. The molecule has 3 nitrogen and oxygen atoms in total. The SMILES string of the molecule is OC[N+]1(CO)CCCC1. The van der Waals surface area contributed by atoms with Crippen molar-refractivity contribution in [1.29, 1.82) is 0 Å². The van der Waals surface area contributed by atoms with Crippen LogP contribution >= 0.6 is 0 Å². The first-order chi connectivity index (χ1) is 4.33. The molecular formula is C6H14NO2+. The van der Waals surface area contributed by atoms with E-state index in [0.29, 0.717) is 4.48 Å². The van der Waals surface area contributed by atoms with Crippen LogP contribution in [-0.2, 0) is 0 Å². The van der Waals surface area contributed by atoms with Gasteiger partial charge in [-0.3, -0.25) is 4.48 Å². The highest BCUT2D eigenvalue weighted by atomic mass is 16.3. The van der Waals surface area contributed by atoms with Crippen molar-refractivity contribution in [2.24, 2.45) is 0 Å². The number of aliphatic hydroxyl groups is 2. The quantitative estimate of drug-likeness (QED) is 0.497. The molecule has 0 aliphatic carbocycles. The zero-order valence-corrected chi connectivity index (χ0v) is 5.58. The summed E-state index contributed by atoms with van der Waals surface area (Å²) in [6, 6.07) is 0. The average molecular weight is 132 g/mol. The molecule has 0 aromatic carbocycles. The van der Waals surface area contributed by atoms with Crippen LogP contribution in [-0.4, -0.2) is 41.2 Å². The fourth-order valence-electron chi connectivity index (χ4n) is 1.33. The third-order valence-electron chi connectivity index (χ3n) is 2.11. The summed E-state index contributed by atoms with van der Waals surface area (Å²) in [5.41, 5.74) is 0. The van der Waals surface area contributed by atoms with E-state index in [1.165, 1.54) is 0 Å². The van der Waals surface area contributed by atoms with Gasteiger partial charge in [-0.25, -0.2) is 0 Å². The summed E-state index contributed by atoms with van der Waals surface area (Å²) in [5, 5.41) is 17.7. The molecule has 0 spiro atoms. The Hall–Kier alpha value is -0.120. The molecule has 1 aliphatic rings. The van der Waals surface area contributed by atoms with Gasteiger partial charge in [0.1, 0.15) is 0 Å². The molecule has 1 fully saturated rings. The second-order valence-electron chi connectivity index (χ2n) is 2.78. The lowest BCUT2D eigenvalue weighted by Crippen LogP contribution is -2.46. The predicted octanol–water partition coefficient (Wildman–Crippen LogP) is -0.503. The number of quaternary nitrogens is 1. The molecule has 54 valence electrons. The molecule has 0 atom stereocenters. The van der Waals surface area contributed by atoms with Crippen LogP contribution in [0.15, 0.2) is 0 Å². The number of likely N-dealkylation sites (tertiary alicyclic amines) is 1. The lowest BCUT2D eigenvalue weighted by Gasteiger charge is -2.28. The van der Waals surface area contributed by atoms with Crippen LogP contribution in [0.3, 0.4) is 0 Å². The smallest absolute Gasteiger partial charge is 0.182 e. The van der Waals surface area contributed by atoms with E-state index < -0.39 is 0 Å². The van der Waals surface area contributed by atoms with Crippen LogP contribution in [0.5, 0.6) is 0 Å². The molecule has 0 aromatic rings. The minimum atomic E-state index is 0.0938. The summed E-state index contributed by atoms with van der Waals surface area (Å²) >= 11 is 0. The van der Waals surface area contributed by atoms with E-state index in [1.54, 1.807) is 0 Å². The second-order valence-corrected chi connectivity index (χ2v) is 2.78. The zero-order valence-electron chi connectivity index (χ0n) is 5.58. The molecule has 9 heavy (non-hydrogen) atoms. The monoisotopic (exact) mass is 132 g/mol. The molecule has 1 aliphatic heterocycles. The summed E-state index contributed by atoms with van der Waals surface area (Å²) in [6.45, 7) is 2.06. The van der Waals surface area contributed by atoms with Crippen molar-refractivity contribution in [1.82, 2.24) is 0 Å². The Morgan fingerprint density at radius 2 is 1.44 bits per heavy atom. The van der Waals surface area contributed by atoms with E-state index in [9.17, 15) is 0 Å². The Morgan fingerprint density at radius 3 is 1.67 bits per heavy atom. The van der Waals surface area contributed by atoms with Crippen LogP contribution in [0.1, 0.15) is 12.8 Å². The van der Waals surface area contributed by atoms with Crippen LogP contribution in [0.2, 0.25) is 0 Å². The van der Waals surface area contributed by atoms with Gasteiger partial charge in [0.15, 0.2) is 13.5 Å². The van der Waals surface area contributed by atoms with Gasteiger partial charge >= 0.3 is 0 Å². The summed E-state index contributed by atoms with van der Waals surface area (Å²) < 4.78 is 0.500. The first-order valence-electron chi connectivity index (χ1n) is 3.40. The van der Waals surface area contributed by atoms with Crippen LogP contribution in [0.25, 0.3) is 0 Å². The Balaban J connectivity index is 2.45. The molecule has 0 amide bonds. The van der Waals surface area contributed by atoms with Gasteiger partial charge in [0, 0.05) is 12.8 Å². The maximum Gasteiger partial charge on any atom is 0.182 e. The topological polar surface area (TPSA) is 40.5 Å². The number of hydrogen-bond acceptors (Lipinski definition) is 2. The van der Waals surface area contributed by atoms with Gasteiger partial charge in [-0.05, 0) is 0 Å². The lowest BCUT2D eigenvalue weighted by atomic mass is 10.4. The molecule has 0 bridgehead atoms. The highest BCUT2D eigenvalue weighted by Crippen LogP contribution is 2.16. The minimum Gasteiger partial charge on any atom is -0.347 e. The molecular weight excluding hydrogens is 118 g/mol. The van der Waals surface area contributed by atoms with Crippen LogP contribution in [0.4, 0.5) is 0 Å². The number of nitrogens with zero attached hydrogens (tertiary/aromatic N) is 1. The van der Waals surface area contributed by atoms with Crippen molar-refractivity contribution >= 4 is 0 Å². The maximum atomic E-state index is 8.83. The highest BCUT2D eigenvalue weighted by molar-refractivity contribution is 4.48. The van der Waals surface area contributed by atoms with Gasteiger partial charge in [-0.2, -0.15) is 0 Å². The molecule has 0 aromatic heterocycles. The van der Waals surface area contributed by atoms with Crippen molar-refractivity contribution in [2.75, 3.05) is 26.6 Å². The van der Waals surface area contributed by atoms with E-state index in [4.69, 9.17) is 10.2 Å². The van der Waals surface area contributed by atoms with Gasteiger partial charge in [0.2, 0.25) is 0 Å². The average Bonchev–Trinajstić information content (AvgIpc) is 2.36. The van der Waals surface area contributed by atoms with E-state index in [1.807, 2.05) is 0 Å². The normalized spacial score (nSPS) is 24.7. The molecule has 1 saturated heterocycles. The van der Waals surface area contributed by atoms with Crippen molar-refractivity contribution in [2.45, 2.75) is 12.8 Å². The van der Waals surface area contributed by atoms with Gasteiger partial charge < -0.3 is 10.2 Å². The zero-order chi connectivity index (χ0) is 6.74. The first-order valence-corrected chi connectivity index (χ1v) is 3.40. The third kappa shape index (κ3) is 1.23. The van der Waals surface area contributed by atoms with Crippen LogP contribution < -0.4 is 0 Å². The Kier molecular flexibility index (Phi) is 2.05.